The molecule has 0 unspecified atom stereocenters. The number of aromatic nitrogens is 3. The molecule has 4 nitrogen and oxygen atoms in total. The molecule has 0 bridgehead atoms. The second-order valence-corrected chi connectivity index (χ2v) is 3.67. The smallest absolute Gasteiger partial charge is 0.136 e. The van der Waals surface area contributed by atoms with E-state index in [1.54, 1.807) is 0 Å². The second kappa shape index (κ2) is 3.46. The van der Waals surface area contributed by atoms with Gasteiger partial charge < -0.3 is 10.3 Å². The second-order valence-electron chi connectivity index (χ2n) is 3.67. The van der Waals surface area contributed by atoms with E-state index < -0.39 is 0 Å². The molecule has 1 aliphatic carbocycles. The number of nitrogens with zero attached hydrogens (tertiary/aromatic N) is 3. The molecular weight excluding hydrogens is 164 g/mol. The summed E-state index contributed by atoms with van der Waals surface area (Å²) in [6.45, 7) is 3.51. The molecule has 0 aliphatic heterocycles. The van der Waals surface area contributed by atoms with E-state index in [2.05, 4.69) is 14.8 Å². The molecule has 0 spiro atoms. The molecule has 2 rings (SSSR count). The van der Waals surface area contributed by atoms with Crippen molar-refractivity contribution in [2.75, 3.05) is 6.54 Å². The number of hydrogen-bond donors (Lipinski definition) is 1. The molecule has 4 heteroatoms. The van der Waals surface area contributed by atoms with Crippen molar-refractivity contribution >= 4 is 0 Å². The number of nitrogens with two attached hydrogens (primary N) is 1. The SMILES string of the molecule is Cc1nnc(C2CCC2)n1CCN. The molecule has 0 aromatic carbocycles. The summed E-state index contributed by atoms with van der Waals surface area (Å²) in [6, 6.07) is 0. The lowest BCUT2D eigenvalue weighted by Gasteiger charge is -2.24. The van der Waals surface area contributed by atoms with Gasteiger partial charge in [-0.15, -0.1) is 10.2 Å². The predicted molar refractivity (Wildman–Crippen MR) is 50.4 cm³/mol. The van der Waals surface area contributed by atoms with E-state index in [1.807, 2.05) is 6.92 Å². The van der Waals surface area contributed by atoms with Gasteiger partial charge in [0.1, 0.15) is 11.6 Å². The van der Waals surface area contributed by atoms with Crippen LogP contribution in [0.2, 0.25) is 0 Å². The van der Waals surface area contributed by atoms with Crippen LogP contribution in [0, 0.1) is 6.92 Å². The summed E-state index contributed by atoms with van der Waals surface area (Å²) < 4.78 is 2.16. The minimum atomic E-state index is 0.646. The summed E-state index contributed by atoms with van der Waals surface area (Å²) in [5.41, 5.74) is 5.54. The molecule has 0 radical (unpaired) electrons. The van der Waals surface area contributed by atoms with E-state index in [9.17, 15) is 0 Å². The van der Waals surface area contributed by atoms with Gasteiger partial charge in [-0.2, -0.15) is 0 Å². The highest BCUT2D eigenvalue weighted by molar-refractivity contribution is 5.04. The molecule has 1 aromatic rings. The first-order valence-corrected chi connectivity index (χ1v) is 4.92. The van der Waals surface area contributed by atoms with Gasteiger partial charge in [-0.25, -0.2) is 0 Å². The summed E-state index contributed by atoms with van der Waals surface area (Å²) in [5, 5.41) is 8.31. The van der Waals surface area contributed by atoms with E-state index in [-0.39, 0.29) is 0 Å². The topological polar surface area (TPSA) is 56.7 Å². The van der Waals surface area contributed by atoms with Crippen LogP contribution in [0.5, 0.6) is 0 Å². The standard InChI is InChI=1S/C9H16N4/c1-7-11-12-9(8-3-2-4-8)13(7)6-5-10/h8H,2-6,10H2,1H3. The van der Waals surface area contributed by atoms with E-state index >= 15 is 0 Å². The Morgan fingerprint density at radius 2 is 2.23 bits per heavy atom. The third-order valence-electron chi connectivity index (χ3n) is 2.79. The minimum absolute atomic E-state index is 0.646. The lowest BCUT2D eigenvalue weighted by atomic mass is 9.85. The molecule has 2 N–H and O–H groups in total. The van der Waals surface area contributed by atoms with Gasteiger partial charge in [0.25, 0.3) is 0 Å². The zero-order valence-electron chi connectivity index (χ0n) is 8.03. The average Bonchev–Trinajstić information content (AvgIpc) is 2.33. The first-order valence-electron chi connectivity index (χ1n) is 4.92. The fourth-order valence-corrected chi connectivity index (χ4v) is 1.77. The maximum absolute atomic E-state index is 5.54. The Morgan fingerprint density at radius 3 is 2.77 bits per heavy atom. The third kappa shape index (κ3) is 1.46. The van der Waals surface area contributed by atoms with Crippen molar-refractivity contribution in [2.45, 2.75) is 38.6 Å². The van der Waals surface area contributed by atoms with E-state index in [0.717, 1.165) is 18.2 Å². The van der Waals surface area contributed by atoms with Gasteiger partial charge in [0, 0.05) is 19.0 Å². The largest absolute Gasteiger partial charge is 0.329 e. The zero-order valence-corrected chi connectivity index (χ0v) is 8.03. The van der Waals surface area contributed by atoms with Gasteiger partial charge >= 0.3 is 0 Å². The van der Waals surface area contributed by atoms with E-state index in [1.165, 1.54) is 19.3 Å². The quantitative estimate of drug-likeness (QED) is 0.749. The van der Waals surface area contributed by atoms with Crippen molar-refractivity contribution in [3.8, 4) is 0 Å². The Bertz CT molecular complexity index is 288. The lowest BCUT2D eigenvalue weighted by molar-refractivity contribution is 0.385. The van der Waals surface area contributed by atoms with Crippen molar-refractivity contribution in [2.24, 2.45) is 5.73 Å². The normalized spacial score (nSPS) is 17.4. The molecule has 0 saturated heterocycles. The Balaban J connectivity index is 2.22. The van der Waals surface area contributed by atoms with Crippen molar-refractivity contribution < 1.29 is 0 Å². The number of hydrogen-bond acceptors (Lipinski definition) is 3. The summed E-state index contributed by atoms with van der Waals surface area (Å²) >= 11 is 0. The van der Waals surface area contributed by atoms with Gasteiger partial charge in [0.2, 0.25) is 0 Å². The average molecular weight is 180 g/mol. The van der Waals surface area contributed by atoms with Crippen molar-refractivity contribution in [1.82, 2.24) is 14.8 Å². The van der Waals surface area contributed by atoms with Crippen LogP contribution >= 0.6 is 0 Å². The fraction of sp³-hybridized carbons (Fsp3) is 0.778. The Labute approximate surface area is 78.1 Å². The molecular formula is C9H16N4. The minimum Gasteiger partial charge on any atom is -0.329 e. The Morgan fingerprint density at radius 1 is 1.46 bits per heavy atom. The van der Waals surface area contributed by atoms with Crippen LogP contribution in [0.1, 0.15) is 36.8 Å². The van der Waals surface area contributed by atoms with Gasteiger partial charge in [-0.1, -0.05) is 6.42 Å². The fourth-order valence-electron chi connectivity index (χ4n) is 1.77. The van der Waals surface area contributed by atoms with E-state index in [0.29, 0.717) is 12.5 Å². The molecule has 72 valence electrons. The molecule has 13 heavy (non-hydrogen) atoms. The van der Waals surface area contributed by atoms with Gasteiger partial charge in [-0.05, 0) is 19.8 Å². The highest BCUT2D eigenvalue weighted by Gasteiger charge is 2.25. The summed E-state index contributed by atoms with van der Waals surface area (Å²) in [5.74, 6) is 2.79. The third-order valence-corrected chi connectivity index (χ3v) is 2.79. The molecule has 1 fully saturated rings. The summed E-state index contributed by atoms with van der Waals surface area (Å²) in [7, 11) is 0. The summed E-state index contributed by atoms with van der Waals surface area (Å²) in [4.78, 5) is 0. The maximum Gasteiger partial charge on any atom is 0.136 e. The monoisotopic (exact) mass is 180 g/mol. The maximum atomic E-state index is 5.54. The molecule has 1 aromatic heterocycles. The van der Waals surface area contributed by atoms with Crippen LogP contribution in [0.15, 0.2) is 0 Å². The molecule has 1 aliphatic rings. The first kappa shape index (κ1) is 8.69. The van der Waals surface area contributed by atoms with Gasteiger partial charge in [-0.3, -0.25) is 0 Å². The zero-order chi connectivity index (χ0) is 9.26. The van der Waals surface area contributed by atoms with Crippen molar-refractivity contribution in [3.63, 3.8) is 0 Å². The van der Waals surface area contributed by atoms with Crippen LogP contribution in [-0.2, 0) is 6.54 Å². The van der Waals surface area contributed by atoms with Gasteiger partial charge in [0.15, 0.2) is 0 Å². The van der Waals surface area contributed by atoms with Crippen molar-refractivity contribution in [3.05, 3.63) is 11.6 Å². The highest BCUT2D eigenvalue weighted by Crippen LogP contribution is 2.35. The van der Waals surface area contributed by atoms with Crippen LogP contribution in [0.4, 0.5) is 0 Å². The van der Waals surface area contributed by atoms with Crippen molar-refractivity contribution in [1.29, 1.82) is 0 Å². The molecule has 0 atom stereocenters. The van der Waals surface area contributed by atoms with E-state index in [4.69, 9.17) is 5.73 Å². The lowest BCUT2D eigenvalue weighted by Crippen LogP contribution is -2.19. The van der Waals surface area contributed by atoms with Crippen LogP contribution in [0.3, 0.4) is 0 Å². The number of aryl methyl sites for hydroxylation is 1. The molecule has 0 amide bonds. The predicted octanol–water partition coefficient (Wildman–Crippen LogP) is 0.813. The van der Waals surface area contributed by atoms with Crippen LogP contribution in [-0.4, -0.2) is 21.3 Å². The highest BCUT2D eigenvalue weighted by atomic mass is 15.3. The molecule has 1 saturated carbocycles. The Kier molecular flexibility index (Phi) is 2.31. The molecule has 1 heterocycles. The number of rotatable bonds is 3. The Hall–Kier alpha value is -0.900. The van der Waals surface area contributed by atoms with Gasteiger partial charge in [0.05, 0.1) is 0 Å². The van der Waals surface area contributed by atoms with Crippen LogP contribution < -0.4 is 5.73 Å². The first-order chi connectivity index (χ1) is 6.33. The van der Waals surface area contributed by atoms with Crippen LogP contribution in [0.25, 0.3) is 0 Å². The summed E-state index contributed by atoms with van der Waals surface area (Å²) in [6.07, 6.45) is 3.87.